The summed E-state index contributed by atoms with van der Waals surface area (Å²) in [5, 5.41) is 10.6. The third-order valence-corrected chi connectivity index (χ3v) is 8.66. The lowest BCUT2D eigenvalue weighted by Crippen LogP contribution is -2.22. The normalized spacial score (nSPS) is 12.5. The van der Waals surface area contributed by atoms with Gasteiger partial charge in [-0.25, -0.2) is 23.4 Å². The van der Waals surface area contributed by atoms with Gasteiger partial charge in [-0.2, -0.15) is 0 Å². The van der Waals surface area contributed by atoms with E-state index in [1.165, 1.54) is 17.5 Å². The molecule has 0 radical (unpaired) electrons. The summed E-state index contributed by atoms with van der Waals surface area (Å²) >= 11 is 1.48. The minimum Gasteiger partial charge on any atom is -0.361 e. The fourth-order valence-electron chi connectivity index (χ4n) is 3.39. The Bertz CT molecular complexity index is 1460. The summed E-state index contributed by atoms with van der Waals surface area (Å²) in [6.07, 6.45) is 4.57. The molecule has 4 heterocycles. The summed E-state index contributed by atoms with van der Waals surface area (Å²) < 4.78 is 32.1. The monoisotopic (exact) mass is 516 g/mol. The molecular weight excluding hydrogens is 489 g/mol. The number of ether oxygens (including phenoxy) is 1. The van der Waals surface area contributed by atoms with Crippen LogP contribution in [-0.4, -0.2) is 59.1 Å². The average molecular weight is 517 g/mol. The van der Waals surface area contributed by atoms with Gasteiger partial charge in [-0.3, -0.25) is 0 Å². The summed E-state index contributed by atoms with van der Waals surface area (Å²) in [7, 11) is -4.76. The van der Waals surface area contributed by atoms with Crippen LogP contribution in [0.2, 0.25) is 25.7 Å². The highest BCUT2D eigenvalue weighted by Gasteiger charge is 2.20. The Hall–Kier alpha value is -2.54. The fourth-order valence-corrected chi connectivity index (χ4v) is 5.31. The second kappa shape index (κ2) is 9.25. The van der Waals surface area contributed by atoms with E-state index in [9.17, 15) is 8.42 Å². The molecule has 4 rings (SSSR count). The van der Waals surface area contributed by atoms with E-state index >= 15 is 0 Å². The van der Waals surface area contributed by atoms with E-state index in [-0.39, 0.29) is 5.16 Å². The first kappa shape index (κ1) is 24.6. The SMILES string of the molecule is Cc1nnc(-c2ccc3c(-c4nc(S(C)(=O)=O)ncc4C)cn(COCC[Si](C)(C)C)c3n2)s1. The number of aryl methyl sites for hydroxylation is 2. The molecule has 180 valence electrons. The highest BCUT2D eigenvalue weighted by Crippen LogP contribution is 2.33. The average Bonchev–Trinajstić information content (AvgIpc) is 3.33. The molecule has 0 aliphatic carbocycles. The molecule has 0 aromatic carbocycles. The Balaban J connectivity index is 1.81. The summed E-state index contributed by atoms with van der Waals surface area (Å²) in [6, 6.07) is 4.92. The van der Waals surface area contributed by atoms with Crippen LogP contribution in [0, 0.1) is 13.8 Å². The molecule has 4 aromatic heterocycles. The molecule has 12 heteroatoms. The van der Waals surface area contributed by atoms with Gasteiger partial charge in [0.05, 0.1) is 5.69 Å². The number of rotatable bonds is 8. The van der Waals surface area contributed by atoms with Crippen molar-refractivity contribution in [1.29, 1.82) is 0 Å². The Morgan fingerprint density at radius 1 is 1.12 bits per heavy atom. The number of hydrogen-bond acceptors (Lipinski definition) is 9. The Kier molecular flexibility index (Phi) is 6.69. The molecule has 0 aliphatic heterocycles. The third-order valence-electron chi connectivity index (χ3n) is 5.23. The number of pyridine rings is 1. The van der Waals surface area contributed by atoms with Gasteiger partial charge in [-0.1, -0.05) is 31.0 Å². The summed E-state index contributed by atoms with van der Waals surface area (Å²) in [5.41, 5.74) is 3.55. The lowest BCUT2D eigenvalue weighted by molar-refractivity contribution is 0.0899. The van der Waals surface area contributed by atoms with Crippen molar-refractivity contribution < 1.29 is 13.2 Å². The van der Waals surface area contributed by atoms with Crippen molar-refractivity contribution >= 4 is 40.3 Å². The van der Waals surface area contributed by atoms with Crippen LogP contribution in [0.25, 0.3) is 33.0 Å². The molecular formula is C22H28N6O3S2Si. The molecule has 0 amide bonds. The van der Waals surface area contributed by atoms with Gasteiger partial charge in [-0.15, -0.1) is 10.2 Å². The molecule has 4 aromatic rings. The lowest BCUT2D eigenvalue weighted by atomic mass is 10.1. The number of hydrogen-bond donors (Lipinski definition) is 0. The lowest BCUT2D eigenvalue weighted by Gasteiger charge is -2.15. The molecule has 0 spiro atoms. The van der Waals surface area contributed by atoms with Crippen molar-refractivity contribution in [2.24, 2.45) is 0 Å². The van der Waals surface area contributed by atoms with Crippen LogP contribution in [-0.2, 0) is 21.3 Å². The third kappa shape index (κ3) is 5.40. The zero-order valence-corrected chi connectivity index (χ0v) is 22.8. The maximum Gasteiger partial charge on any atom is 0.247 e. The maximum atomic E-state index is 12.1. The molecule has 0 saturated heterocycles. The molecule has 9 nitrogen and oxygen atoms in total. The molecule has 0 unspecified atom stereocenters. The van der Waals surface area contributed by atoms with Gasteiger partial charge >= 0.3 is 0 Å². The van der Waals surface area contributed by atoms with Crippen LogP contribution in [0.3, 0.4) is 0 Å². The summed E-state index contributed by atoms with van der Waals surface area (Å²) in [6.45, 7) is 11.7. The topological polar surface area (TPSA) is 113 Å². The highest BCUT2D eigenvalue weighted by atomic mass is 32.2. The molecule has 0 aliphatic rings. The second-order valence-electron chi connectivity index (χ2n) is 9.51. The van der Waals surface area contributed by atoms with Gasteiger partial charge in [0.2, 0.25) is 15.0 Å². The zero-order chi connectivity index (χ0) is 24.7. The van der Waals surface area contributed by atoms with Crippen LogP contribution in [0.5, 0.6) is 0 Å². The van der Waals surface area contributed by atoms with E-state index in [0.717, 1.165) is 44.5 Å². The van der Waals surface area contributed by atoms with Crippen molar-refractivity contribution in [3.05, 3.63) is 35.1 Å². The van der Waals surface area contributed by atoms with Crippen molar-refractivity contribution in [3.8, 4) is 22.0 Å². The number of sulfone groups is 1. The van der Waals surface area contributed by atoms with E-state index in [1.54, 1.807) is 0 Å². The van der Waals surface area contributed by atoms with Gasteiger partial charge < -0.3 is 9.30 Å². The Labute approximate surface area is 204 Å². The van der Waals surface area contributed by atoms with Gasteiger partial charge in [0.15, 0.2) is 5.01 Å². The van der Waals surface area contributed by atoms with E-state index in [1.807, 2.05) is 36.7 Å². The zero-order valence-electron chi connectivity index (χ0n) is 20.2. The number of fused-ring (bicyclic) bond motifs is 1. The predicted octanol–water partition coefficient (Wildman–Crippen LogP) is 4.34. The van der Waals surface area contributed by atoms with E-state index in [0.29, 0.717) is 24.7 Å². The molecule has 0 bridgehead atoms. The first-order valence-corrected chi connectivity index (χ1v) is 17.3. The van der Waals surface area contributed by atoms with Crippen LogP contribution < -0.4 is 0 Å². The molecule has 0 fully saturated rings. The maximum absolute atomic E-state index is 12.1. The predicted molar refractivity (Wildman–Crippen MR) is 136 cm³/mol. The van der Waals surface area contributed by atoms with Crippen molar-refractivity contribution in [2.75, 3.05) is 12.9 Å². The number of nitrogens with zero attached hydrogens (tertiary/aromatic N) is 6. The first-order valence-electron chi connectivity index (χ1n) is 10.8. The van der Waals surface area contributed by atoms with Crippen molar-refractivity contribution in [2.45, 2.75) is 51.4 Å². The smallest absolute Gasteiger partial charge is 0.247 e. The number of aromatic nitrogens is 6. The van der Waals surface area contributed by atoms with Crippen LogP contribution >= 0.6 is 11.3 Å². The van der Waals surface area contributed by atoms with E-state index in [4.69, 9.17) is 9.72 Å². The van der Waals surface area contributed by atoms with E-state index in [2.05, 4.69) is 39.8 Å². The van der Waals surface area contributed by atoms with Gasteiger partial charge in [0.25, 0.3) is 0 Å². The van der Waals surface area contributed by atoms with Gasteiger partial charge in [0.1, 0.15) is 23.1 Å². The first-order chi connectivity index (χ1) is 15.9. The molecule has 34 heavy (non-hydrogen) atoms. The Morgan fingerprint density at radius 3 is 2.53 bits per heavy atom. The highest BCUT2D eigenvalue weighted by molar-refractivity contribution is 7.90. The summed E-state index contributed by atoms with van der Waals surface area (Å²) in [4.78, 5) is 13.3. The van der Waals surface area contributed by atoms with Crippen LogP contribution in [0.4, 0.5) is 0 Å². The van der Waals surface area contributed by atoms with E-state index < -0.39 is 17.9 Å². The second-order valence-corrected chi connectivity index (χ2v) is 18.2. The minimum absolute atomic E-state index is 0.200. The largest absolute Gasteiger partial charge is 0.361 e. The van der Waals surface area contributed by atoms with Crippen molar-refractivity contribution in [1.82, 2.24) is 29.7 Å². The fraction of sp³-hybridized carbons (Fsp3) is 0.409. The quantitative estimate of drug-likeness (QED) is 0.193. The minimum atomic E-state index is -3.55. The van der Waals surface area contributed by atoms with Gasteiger partial charge in [-0.05, 0) is 37.6 Å². The van der Waals surface area contributed by atoms with Crippen LogP contribution in [0.15, 0.2) is 29.7 Å². The van der Waals surface area contributed by atoms with Crippen molar-refractivity contribution in [3.63, 3.8) is 0 Å². The Morgan fingerprint density at radius 2 is 1.88 bits per heavy atom. The van der Waals surface area contributed by atoms with Crippen LogP contribution in [0.1, 0.15) is 10.6 Å². The summed E-state index contributed by atoms with van der Waals surface area (Å²) in [5.74, 6) is 0. The van der Waals surface area contributed by atoms with Gasteiger partial charge in [0, 0.05) is 44.3 Å². The molecule has 0 saturated carbocycles. The molecule has 0 atom stereocenters. The molecule has 0 N–H and O–H groups in total. The standard InChI is InChI=1S/C22H28N6O3S2Si/c1-14-11-23-22(33(3,29)30)25-19(14)17-12-28(13-31-9-10-34(4,5)6)20-16(17)7-8-18(24-20)21-27-26-15(2)32-21/h7-8,11-12H,9-10,13H2,1-6H3.